The molecule has 0 heterocycles. The largest absolute Gasteiger partial charge is 0.518 e. The van der Waals surface area contributed by atoms with Crippen LogP contribution in [-0.2, 0) is 30.9 Å². The number of benzene rings is 2. The summed E-state index contributed by atoms with van der Waals surface area (Å²) < 4.78 is 28.0. The van der Waals surface area contributed by atoms with Crippen LogP contribution in [0.1, 0.15) is 101 Å². The van der Waals surface area contributed by atoms with Gasteiger partial charge in [-0.25, -0.2) is 4.21 Å². The Morgan fingerprint density at radius 3 is 1.56 bits per heavy atom. The molecular weight excluding hydrogens is 585 g/mol. The zero-order valence-electron chi connectivity index (χ0n) is 29.5. The lowest BCUT2D eigenvalue weighted by Crippen LogP contribution is -2.54. The standard InChI is InChI=1S/C36H60O4SSi2/c1-24(2)42(25(3)4,26(5)6)39-34(31(14)36(37)40-43(27(7)8,28(9)10)29(11)12)23-32-17-15-16-18-35(32)41(38)33-21-19-30(13)20-22-33/h15-22,24-29,31,34H,23H2,1-14H3/t31-,34-,41+/m1/s1. The Morgan fingerprint density at radius 1 is 0.674 bits per heavy atom. The molecule has 0 bridgehead atoms. The van der Waals surface area contributed by atoms with E-state index < -0.39 is 33.4 Å². The second-order valence-electron chi connectivity index (χ2n) is 14.4. The Hall–Kier alpha value is -1.55. The third-order valence-corrected chi connectivity index (χ3v) is 23.4. The number of carbonyl (C=O) groups is 1. The van der Waals surface area contributed by atoms with E-state index in [0.29, 0.717) is 39.7 Å². The highest BCUT2D eigenvalue weighted by atomic mass is 32.2. The highest BCUT2D eigenvalue weighted by molar-refractivity contribution is 7.85. The summed E-state index contributed by atoms with van der Waals surface area (Å²) >= 11 is 0. The molecule has 0 N–H and O–H groups in total. The van der Waals surface area contributed by atoms with Gasteiger partial charge in [0.25, 0.3) is 14.3 Å². The molecule has 0 amide bonds. The fraction of sp³-hybridized carbons (Fsp3) is 0.639. The van der Waals surface area contributed by atoms with Crippen LogP contribution in [0.15, 0.2) is 58.3 Å². The SMILES string of the molecule is Cc1ccc([S@](=O)c2ccccc2C[C@@H](O[Si](C(C)C)(C(C)C)C(C)C)[C@@H](C)C(=O)O[Si](C(C)C)(C(C)C)C(C)C)cc1. The highest BCUT2D eigenvalue weighted by Gasteiger charge is 2.51. The predicted molar refractivity (Wildman–Crippen MR) is 188 cm³/mol. The van der Waals surface area contributed by atoms with Crippen LogP contribution in [0, 0.1) is 12.8 Å². The van der Waals surface area contributed by atoms with Crippen LogP contribution in [0.3, 0.4) is 0 Å². The average Bonchev–Trinajstić information content (AvgIpc) is 2.92. The summed E-state index contributed by atoms with van der Waals surface area (Å²) in [4.78, 5) is 15.8. The van der Waals surface area contributed by atoms with E-state index >= 15 is 0 Å². The van der Waals surface area contributed by atoms with Crippen molar-refractivity contribution in [1.82, 2.24) is 0 Å². The fourth-order valence-electron chi connectivity index (χ4n) is 7.62. The average molecular weight is 645 g/mol. The number of hydrogen-bond acceptors (Lipinski definition) is 4. The normalized spacial score (nSPS) is 15.2. The molecular formula is C36H60O4SSi2. The van der Waals surface area contributed by atoms with Gasteiger partial charge in [-0.3, -0.25) is 4.79 Å². The molecule has 0 aliphatic carbocycles. The molecule has 0 unspecified atom stereocenters. The molecule has 4 nitrogen and oxygen atoms in total. The highest BCUT2D eigenvalue weighted by Crippen LogP contribution is 2.46. The summed E-state index contributed by atoms with van der Waals surface area (Å²) in [6.45, 7) is 31.0. The summed E-state index contributed by atoms with van der Waals surface area (Å²) in [6.07, 6.45) is 0.116. The molecule has 43 heavy (non-hydrogen) atoms. The van der Waals surface area contributed by atoms with E-state index in [4.69, 9.17) is 8.85 Å². The van der Waals surface area contributed by atoms with Gasteiger partial charge in [0, 0.05) is 9.79 Å². The second-order valence-corrected chi connectivity index (χ2v) is 26.6. The molecule has 2 rings (SSSR count). The lowest BCUT2D eigenvalue weighted by atomic mass is 9.98. The Kier molecular flexibility index (Phi) is 13.7. The first-order valence-corrected chi connectivity index (χ1v) is 21.8. The first kappa shape index (κ1) is 37.6. The minimum atomic E-state index is -2.44. The minimum absolute atomic E-state index is 0.149. The van der Waals surface area contributed by atoms with Gasteiger partial charge in [0.2, 0.25) is 8.32 Å². The number of carbonyl (C=O) groups excluding carboxylic acids is 1. The maximum absolute atomic E-state index is 14.3. The molecule has 3 atom stereocenters. The van der Waals surface area contributed by atoms with E-state index in [-0.39, 0.29) is 12.1 Å². The van der Waals surface area contributed by atoms with Crippen molar-refractivity contribution in [1.29, 1.82) is 0 Å². The molecule has 0 saturated carbocycles. The number of hydrogen-bond donors (Lipinski definition) is 0. The first-order valence-electron chi connectivity index (χ1n) is 16.4. The molecule has 0 aromatic heterocycles. The smallest absolute Gasteiger partial charge is 0.297 e. The van der Waals surface area contributed by atoms with E-state index in [2.05, 4.69) is 89.2 Å². The van der Waals surface area contributed by atoms with E-state index in [1.807, 2.05) is 56.3 Å². The molecule has 0 radical (unpaired) electrons. The predicted octanol–water partition coefficient (Wildman–Crippen LogP) is 10.6. The molecule has 0 aliphatic rings. The Labute approximate surface area is 268 Å². The first-order chi connectivity index (χ1) is 19.9. The maximum atomic E-state index is 14.3. The van der Waals surface area contributed by atoms with Gasteiger partial charge >= 0.3 is 0 Å². The third-order valence-electron chi connectivity index (χ3n) is 9.81. The summed E-state index contributed by atoms with van der Waals surface area (Å²) in [5.41, 5.74) is 4.10. The summed E-state index contributed by atoms with van der Waals surface area (Å²) in [7, 11) is -6.14. The Balaban J connectivity index is 2.65. The molecule has 0 spiro atoms. The van der Waals surface area contributed by atoms with Gasteiger partial charge in [-0.2, -0.15) is 0 Å². The third kappa shape index (κ3) is 8.19. The second kappa shape index (κ2) is 15.6. The van der Waals surface area contributed by atoms with Crippen molar-refractivity contribution in [3.63, 3.8) is 0 Å². The van der Waals surface area contributed by atoms with Gasteiger partial charge in [0.15, 0.2) is 0 Å². The van der Waals surface area contributed by atoms with Gasteiger partial charge in [-0.1, -0.05) is 119 Å². The van der Waals surface area contributed by atoms with E-state index in [9.17, 15) is 9.00 Å². The van der Waals surface area contributed by atoms with Crippen LogP contribution in [0.4, 0.5) is 0 Å². The molecule has 0 saturated heterocycles. The number of rotatable bonds is 15. The summed E-state index contributed by atoms with van der Waals surface area (Å²) in [5, 5.41) is 0. The summed E-state index contributed by atoms with van der Waals surface area (Å²) in [5.74, 6) is -0.615. The Morgan fingerprint density at radius 2 is 1.12 bits per heavy atom. The van der Waals surface area contributed by atoms with Gasteiger partial charge in [-0.05, 0) is 77.3 Å². The summed E-state index contributed by atoms with van der Waals surface area (Å²) in [6, 6.07) is 15.8. The zero-order valence-corrected chi connectivity index (χ0v) is 32.3. The quantitative estimate of drug-likeness (QED) is 0.181. The minimum Gasteiger partial charge on any atom is -0.518 e. The monoisotopic (exact) mass is 644 g/mol. The van der Waals surface area contributed by atoms with E-state index in [1.54, 1.807) is 0 Å². The topological polar surface area (TPSA) is 52.6 Å². The van der Waals surface area contributed by atoms with Crippen molar-refractivity contribution in [2.45, 2.75) is 152 Å². The Bertz CT molecular complexity index is 1160. The van der Waals surface area contributed by atoms with E-state index in [1.165, 1.54) is 0 Å². The molecule has 2 aromatic rings. The van der Waals surface area contributed by atoms with Crippen LogP contribution in [0.25, 0.3) is 0 Å². The lowest BCUT2D eigenvalue weighted by Gasteiger charge is -2.46. The van der Waals surface area contributed by atoms with Gasteiger partial charge in [0.05, 0.1) is 22.8 Å². The van der Waals surface area contributed by atoms with Crippen LogP contribution in [0.5, 0.6) is 0 Å². The van der Waals surface area contributed by atoms with Gasteiger partial charge < -0.3 is 8.85 Å². The molecule has 242 valence electrons. The lowest BCUT2D eigenvalue weighted by molar-refractivity contribution is -0.143. The van der Waals surface area contributed by atoms with Crippen molar-refractivity contribution >= 4 is 33.4 Å². The van der Waals surface area contributed by atoms with Crippen LogP contribution >= 0.6 is 0 Å². The maximum Gasteiger partial charge on any atom is 0.297 e. The van der Waals surface area contributed by atoms with Crippen molar-refractivity contribution in [3.05, 3.63) is 59.7 Å². The van der Waals surface area contributed by atoms with Crippen molar-refractivity contribution < 1.29 is 17.9 Å². The van der Waals surface area contributed by atoms with Crippen LogP contribution in [0.2, 0.25) is 33.2 Å². The molecule has 2 aromatic carbocycles. The van der Waals surface area contributed by atoms with Crippen LogP contribution in [-0.4, -0.2) is 32.9 Å². The van der Waals surface area contributed by atoms with Crippen molar-refractivity contribution in [2.24, 2.45) is 5.92 Å². The van der Waals surface area contributed by atoms with Gasteiger partial charge in [-0.15, -0.1) is 0 Å². The molecule has 0 fully saturated rings. The van der Waals surface area contributed by atoms with Crippen molar-refractivity contribution in [3.8, 4) is 0 Å². The van der Waals surface area contributed by atoms with Crippen LogP contribution < -0.4 is 0 Å². The number of aryl methyl sites for hydroxylation is 1. The van der Waals surface area contributed by atoms with Crippen molar-refractivity contribution in [2.75, 3.05) is 0 Å². The zero-order chi connectivity index (χ0) is 32.9. The van der Waals surface area contributed by atoms with E-state index in [0.717, 1.165) is 20.9 Å². The fourth-order valence-corrected chi connectivity index (χ4v) is 19.7. The molecule has 7 heteroatoms. The van der Waals surface area contributed by atoms with Gasteiger partial charge in [0.1, 0.15) is 0 Å². The molecule has 0 aliphatic heterocycles.